The number of benzene rings is 2. The maximum absolute atomic E-state index is 12.6. The normalized spacial score (nSPS) is 17.2. The first-order valence-electron chi connectivity index (χ1n) is 9.68. The number of hydrogen-bond acceptors (Lipinski definition) is 5. The first-order valence-corrected chi connectivity index (χ1v) is 10.1. The zero-order chi connectivity index (χ0) is 20.2. The molecule has 1 aliphatic rings. The highest BCUT2D eigenvalue weighted by Crippen LogP contribution is 2.23. The summed E-state index contributed by atoms with van der Waals surface area (Å²) in [6.07, 6.45) is 3.27. The number of ketones is 1. The Labute approximate surface area is 174 Å². The number of hydrogen-bond donors (Lipinski definition) is 2. The van der Waals surface area contributed by atoms with Gasteiger partial charge in [0.15, 0.2) is 5.78 Å². The predicted octanol–water partition coefficient (Wildman–Crippen LogP) is 3.35. The van der Waals surface area contributed by atoms with Gasteiger partial charge in [-0.2, -0.15) is 0 Å². The van der Waals surface area contributed by atoms with Crippen molar-refractivity contribution in [2.24, 2.45) is 0 Å². The second kappa shape index (κ2) is 8.82. The average molecular weight is 408 g/mol. The number of aromatic nitrogens is 2. The van der Waals surface area contributed by atoms with Gasteiger partial charge in [-0.05, 0) is 41.3 Å². The molecule has 0 saturated heterocycles. The van der Waals surface area contributed by atoms with Crippen LogP contribution in [0.25, 0.3) is 11.3 Å². The number of aliphatic hydroxyl groups is 1. The van der Waals surface area contributed by atoms with Gasteiger partial charge in [0.05, 0.1) is 18.3 Å². The van der Waals surface area contributed by atoms with Crippen LogP contribution in [0.3, 0.4) is 0 Å². The number of nitrogens with zero attached hydrogens (tertiary/aromatic N) is 2. The predicted molar refractivity (Wildman–Crippen MR) is 113 cm³/mol. The van der Waals surface area contributed by atoms with Gasteiger partial charge < -0.3 is 10.4 Å². The van der Waals surface area contributed by atoms with E-state index in [4.69, 9.17) is 16.6 Å². The van der Waals surface area contributed by atoms with Crippen molar-refractivity contribution in [1.82, 2.24) is 15.3 Å². The molecule has 1 aliphatic heterocycles. The molecule has 0 spiro atoms. The number of fused-ring (bicyclic) bond motifs is 7. The van der Waals surface area contributed by atoms with Gasteiger partial charge in [0, 0.05) is 36.2 Å². The lowest BCUT2D eigenvalue weighted by molar-refractivity contribution is -0.122. The molecule has 6 heteroatoms. The van der Waals surface area contributed by atoms with E-state index in [1.54, 1.807) is 6.20 Å². The van der Waals surface area contributed by atoms with Crippen molar-refractivity contribution in [2.45, 2.75) is 31.8 Å². The summed E-state index contributed by atoms with van der Waals surface area (Å²) in [7, 11) is 0. The van der Waals surface area contributed by atoms with Gasteiger partial charge in [-0.15, -0.1) is 0 Å². The van der Waals surface area contributed by atoms with Gasteiger partial charge in [-0.3, -0.25) is 4.79 Å². The fourth-order valence-corrected chi connectivity index (χ4v) is 3.72. The Morgan fingerprint density at radius 2 is 2.00 bits per heavy atom. The highest BCUT2D eigenvalue weighted by molar-refractivity contribution is 6.31. The van der Waals surface area contributed by atoms with E-state index in [0.717, 1.165) is 27.9 Å². The molecule has 2 N–H and O–H groups in total. The minimum Gasteiger partial charge on any atom is -0.394 e. The Hall–Kier alpha value is -2.60. The van der Waals surface area contributed by atoms with Crippen LogP contribution in [0, 0.1) is 0 Å². The molecule has 1 atom stereocenters. The minimum atomic E-state index is -0.582. The van der Waals surface area contributed by atoms with Crippen LogP contribution >= 0.6 is 11.6 Å². The molecule has 148 valence electrons. The Morgan fingerprint density at radius 3 is 2.86 bits per heavy atom. The van der Waals surface area contributed by atoms with Crippen molar-refractivity contribution in [3.63, 3.8) is 0 Å². The Kier molecular flexibility index (Phi) is 6.00. The molecule has 0 unspecified atom stereocenters. The van der Waals surface area contributed by atoms with E-state index in [9.17, 15) is 9.90 Å². The number of halogens is 1. The van der Waals surface area contributed by atoms with E-state index in [1.807, 2.05) is 42.5 Å². The molecule has 1 aromatic heterocycles. The molecule has 0 radical (unpaired) electrons. The van der Waals surface area contributed by atoms with E-state index in [1.165, 1.54) is 0 Å². The van der Waals surface area contributed by atoms with Gasteiger partial charge >= 0.3 is 0 Å². The third-order valence-corrected chi connectivity index (χ3v) is 5.54. The highest BCUT2D eigenvalue weighted by atomic mass is 35.5. The second-order valence-electron chi connectivity index (χ2n) is 7.24. The summed E-state index contributed by atoms with van der Waals surface area (Å²) in [6, 6.07) is 15.1. The molecule has 4 rings (SSSR count). The first-order chi connectivity index (χ1) is 14.1. The van der Waals surface area contributed by atoms with Gasteiger partial charge in [0.1, 0.15) is 5.82 Å². The van der Waals surface area contributed by atoms with E-state index in [2.05, 4.69) is 16.4 Å². The van der Waals surface area contributed by atoms with Gasteiger partial charge in [0.25, 0.3) is 0 Å². The number of rotatable bonds is 1. The monoisotopic (exact) mass is 407 g/mol. The summed E-state index contributed by atoms with van der Waals surface area (Å²) < 4.78 is 0. The average Bonchev–Trinajstić information content (AvgIpc) is 2.74. The number of aliphatic hydroxyl groups excluding tert-OH is 1. The quantitative estimate of drug-likeness (QED) is 0.647. The van der Waals surface area contributed by atoms with Crippen LogP contribution < -0.4 is 5.32 Å². The summed E-state index contributed by atoms with van der Waals surface area (Å²) in [4.78, 5) is 21.7. The van der Waals surface area contributed by atoms with Crippen molar-refractivity contribution in [2.75, 3.05) is 6.61 Å². The lowest BCUT2D eigenvalue weighted by Crippen LogP contribution is -2.39. The number of carbonyl (C=O) groups excluding carboxylic acids is 1. The van der Waals surface area contributed by atoms with Crippen molar-refractivity contribution in [1.29, 1.82) is 0 Å². The Bertz CT molecular complexity index is 1040. The fraction of sp³-hybridized carbons (Fsp3) is 0.261. The van der Waals surface area contributed by atoms with Gasteiger partial charge in [-0.1, -0.05) is 41.9 Å². The van der Waals surface area contributed by atoms with E-state index >= 15 is 0 Å². The Balaban J connectivity index is 1.75. The van der Waals surface area contributed by atoms with Crippen LogP contribution in [0.1, 0.15) is 28.9 Å². The molecule has 3 aromatic rings. The third kappa shape index (κ3) is 4.70. The van der Waals surface area contributed by atoms with Gasteiger partial charge in [0.2, 0.25) is 0 Å². The smallest absolute Gasteiger partial charge is 0.152 e. The van der Waals surface area contributed by atoms with Crippen LogP contribution in [0.2, 0.25) is 5.02 Å². The van der Waals surface area contributed by atoms with Crippen molar-refractivity contribution >= 4 is 17.4 Å². The maximum Gasteiger partial charge on any atom is 0.152 e. The topological polar surface area (TPSA) is 75.1 Å². The largest absolute Gasteiger partial charge is 0.394 e. The van der Waals surface area contributed by atoms with Crippen LogP contribution in [0.15, 0.2) is 54.7 Å². The zero-order valence-corrected chi connectivity index (χ0v) is 16.7. The molecular weight excluding hydrogens is 386 g/mol. The maximum atomic E-state index is 12.6. The summed E-state index contributed by atoms with van der Waals surface area (Å²) in [6.45, 7) is 0.245. The van der Waals surface area contributed by atoms with Crippen LogP contribution in [0.5, 0.6) is 0 Å². The van der Waals surface area contributed by atoms with E-state index in [-0.39, 0.29) is 12.4 Å². The lowest BCUT2D eigenvalue weighted by atomic mass is 10.00. The summed E-state index contributed by atoms with van der Waals surface area (Å²) in [5, 5.41) is 13.5. The van der Waals surface area contributed by atoms with Crippen molar-refractivity contribution < 1.29 is 9.90 Å². The lowest BCUT2D eigenvalue weighted by Gasteiger charge is -2.16. The molecule has 0 amide bonds. The van der Waals surface area contributed by atoms with Crippen molar-refractivity contribution in [3.8, 4) is 11.3 Å². The second-order valence-corrected chi connectivity index (χ2v) is 7.65. The molecule has 2 aromatic carbocycles. The van der Waals surface area contributed by atoms with Gasteiger partial charge in [-0.25, -0.2) is 9.97 Å². The summed E-state index contributed by atoms with van der Waals surface area (Å²) in [5.74, 6) is 0.707. The molecule has 0 fully saturated rings. The summed E-state index contributed by atoms with van der Waals surface area (Å²) in [5.41, 5.74) is 4.81. The standard InChI is InChI=1S/C23H22ClN3O2/c24-19-6-4-16-11-18(19)12-23-25-9-8-20(27-23)17-3-1-2-15(10-17)5-7-22(29)21(14-28)26-13-16/h1-4,6,8-11,21,26,28H,5,7,12-14H2/t21-/m0/s1. The van der Waals surface area contributed by atoms with E-state index < -0.39 is 6.04 Å². The van der Waals surface area contributed by atoms with Crippen LogP contribution in [0.4, 0.5) is 0 Å². The molecule has 0 aliphatic carbocycles. The van der Waals surface area contributed by atoms with Crippen LogP contribution in [-0.2, 0) is 24.2 Å². The first kappa shape index (κ1) is 19.7. The molecule has 0 saturated carbocycles. The van der Waals surface area contributed by atoms with Crippen LogP contribution in [-0.4, -0.2) is 33.5 Å². The molecule has 5 nitrogen and oxygen atoms in total. The molecular formula is C23H22ClN3O2. The van der Waals surface area contributed by atoms with Crippen molar-refractivity contribution in [3.05, 3.63) is 82.3 Å². The number of aryl methyl sites for hydroxylation is 1. The van der Waals surface area contributed by atoms with E-state index in [0.29, 0.717) is 36.7 Å². The molecule has 29 heavy (non-hydrogen) atoms. The highest BCUT2D eigenvalue weighted by Gasteiger charge is 2.17. The minimum absolute atomic E-state index is 0.00325. The number of Topliss-reactive ketones (excluding diaryl/α,β-unsaturated/α-hetero) is 1. The number of nitrogens with one attached hydrogen (secondary N) is 1. The zero-order valence-electron chi connectivity index (χ0n) is 15.9. The molecule has 6 bridgehead atoms. The SMILES string of the molecule is O=C1CCc2cccc(c2)-c2ccnc(n2)Cc2cc(ccc2Cl)CN[C@H]1CO. The Morgan fingerprint density at radius 1 is 1.10 bits per heavy atom. The number of carbonyl (C=O) groups is 1. The third-order valence-electron chi connectivity index (χ3n) is 5.17. The summed E-state index contributed by atoms with van der Waals surface area (Å²) >= 11 is 6.40. The molecule has 2 heterocycles. The fourth-order valence-electron chi connectivity index (χ4n) is 3.54.